The van der Waals surface area contributed by atoms with Crippen LogP contribution in [0.5, 0.6) is 0 Å². The molecule has 2 aromatic rings. The predicted molar refractivity (Wildman–Crippen MR) is 59.1 cm³/mol. The maximum Gasteiger partial charge on any atom is 0.248 e. The van der Waals surface area contributed by atoms with Crippen LogP contribution in [0.1, 0.15) is 6.92 Å². The summed E-state index contributed by atoms with van der Waals surface area (Å²) in [6, 6.07) is 4.94. The van der Waals surface area contributed by atoms with Crippen molar-refractivity contribution in [2.75, 3.05) is 0 Å². The topological polar surface area (TPSA) is 66.5 Å². The summed E-state index contributed by atoms with van der Waals surface area (Å²) in [5.74, 6) is 0.653. The Morgan fingerprint density at radius 3 is 3.00 bits per heavy atom. The predicted octanol–water partition coefficient (Wildman–Crippen LogP) is 1.32. The van der Waals surface area contributed by atoms with Gasteiger partial charge in [0, 0.05) is 12.6 Å². The molecule has 0 aromatic carbocycles. The fourth-order valence-corrected chi connectivity index (χ4v) is 1.66. The summed E-state index contributed by atoms with van der Waals surface area (Å²) in [7, 11) is 0. The maximum absolute atomic E-state index is 11.1. The van der Waals surface area contributed by atoms with Crippen molar-refractivity contribution < 1.29 is 0 Å². The van der Waals surface area contributed by atoms with Crippen LogP contribution in [0.2, 0.25) is 0 Å². The Bertz CT molecular complexity index is 580. The van der Waals surface area contributed by atoms with Crippen LogP contribution in [0, 0.1) is 4.77 Å². The molecule has 6 heteroatoms. The zero-order chi connectivity index (χ0) is 10.8. The first-order valence-electron chi connectivity index (χ1n) is 4.57. The average Bonchev–Trinajstić information content (AvgIpc) is 2.59. The third-order valence-electron chi connectivity index (χ3n) is 2.08. The Kier molecular flexibility index (Phi) is 2.51. The molecular weight excluding hydrogens is 212 g/mol. The second kappa shape index (κ2) is 3.82. The van der Waals surface area contributed by atoms with Crippen molar-refractivity contribution >= 4 is 12.2 Å². The zero-order valence-corrected chi connectivity index (χ0v) is 8.97. The lowest BCUT2D eigenvalue weighted by Crippen LogP contribution is -2.06. The molecule has 15 heavy (non-hydrogen) atoms. The summed E-state index contributed by atoms with van der Waals surface area (Å²) in [4.78, 5) is 13.8. The van der Waals surface area contributed by atoms with Gasteiger partial charge in [0.2, 0.25) is 5.56 Å². The summed E-state index contributed by atoms with van der Waals surface area (Å²) >= 11 is 5.06. The minimum absolute atomic E-state index is 0.149. The van der Waals surface area contributed by atoms with E-state index in [1.165, 1.54) is 6.07 Å². The van der Waals surface area contributed by atoms with E-state index < -0.39 is 0 Å². The van der Waals surface area contributed by atoms with E-state index in [9.17, 15) is 4.79 Å². The van der Waals surface area contributed by atoms with Gasteiger partial charge in [-0.25, -0.2) is 0 Å². The molecule has 0 bridgehead atoms. The van der Waals surface area contributed by atoms with Gasteiger partial charge in [0.1, 0.15) is 0 Å². The highest BCUT2D eigenvalue weighted by molar-refractivity contribution is 7.71. The molecule has 2 N–H and O–H groups in total. The van der Waals surface area contributed by atoms with E-state index in [4.69, 9.17) is 12.2 Å². The molecule has 0 saturated heterocycles. The minimum atomic E-state index is -0.149. The molecule has 2 heterocycles. The lowest BCUT2D eigenvalue weighted by atomic mass is 10.3. The highest BCUT2D eigenvalue weighted by Crippen LogP contribution is 2.12. The number of rotatable bonds is 2. The van der Waals surface area contributed by atoms with Gasteiger partial charge in [-0.05, 0) is 25.2 Å². The lowest BCUT2D eigenvalue weighted by Gasteiger charge is -2.02. The molecule has 0 aliphatic rings. The van der Waals surface area contributed by atoms with Crippen molar-refractivity contribution in [2.45, 2.75) is 13.5 Å². The van der Waals surface area contributed by atoms with E-state index >= 15 is 0 Å². The second-order valence-electron chi connectivity index (χ2n) is 3.03. The van der Waals surface area contributed by atoms with Crippen molar-refractivity contribution in [3.63, 3.8) is 0 Å². The summed E-state index contributed by atoms with van der Waals surface area (Å²) in [5, 5.41) is 6.77. The summed E-state index contributed by atoms with van der Waals surface area (Å²) in [6.07, 6.45) is 0. The first-order valence-corrected chi connectivity index (χ1v) is 4.98. The Morgan fingerprint density at radius 1 is 1.53 bits per heavy atom. The van der Waals surface area contributed by atoms with E-state index in [0.717, 1.165) is 0 Å². The van der Waals surface area contributed by atoms with Crippen molar-refractivity contribution in [1.82, 2.24) is 19.7 Å². The van der Waals surface area contributed by atoms with Gasteiger partial charge in [0.05, 0.1) is 5.69 Å². The Hall–Kier alpha value is -1.69. The van der Waals surface area contributed by atoms with Crippen LogP contribution in [0.15, 0.2) is 23.0 Å². The van der Waals surface area contributed by atoms with E-state index in [-0.39, 0.29) is 5.56 Å². The number of hydrogen-bond donors (Lipinski definition) is 2. The van der Waals surface area contributed by atoms with E-state index in [1.54, 1.807) is 12.1 Å². The standard InChI is InChI=1S/C9H10N4OS/c1-2-13-8(11-12-9(13)15)6-4-3-5-7(14)10-6/h3-5H,2H2,1H3,(H,10,14)(H,12,15). The number of H-pyrrole nitrogens is 2. The maximum atomic E-state index is 11.1. The van der Waals surface area contributed by atoms with Gasteiger partial charge in [-0.1, -0.05) is 6.07 Å². The number of pyridine rings is 1. The van der Waals surface area contributed by atoms with Gasteiger partial charge < -0.3 is 4.98 Å². The number of aromatic nitrogens is 4. The van der Waals surface area contributed by atoms with Crippen molar-refractivity contribution in [2.24, 2.45) is 0 Å². The zero-order valence-electron chi connectivity index (χ0n) is 8.15. The smallest absolute Gasteiger partial charge is 0.248 e. The fourth-order valence-electron chi connectivity index (χ4n) is 1.39. The minimum Gasteiger partial charge on any atom is -0.319 e. The molecule has 0 radical (unpaired) electrons. The number of hydrogen-bond acceptors (Lipinski definition) is 3. The van der Waals surface area contributed by atoms with Gasteiger partial charge in [-0.15, -0.1) is 0 Å². The molecule has 0 atom stereocenters. The van der Waals surface area contributed by atoms with E-state index in [0.29, 0.717) is 22.8 Å². The third kappa shape index (κ3) is 1.75. The molecule has 0 saturated carbocycles. The van der Waals surface area contributed by atoms with Crippen molar-refractivity contribution in [3.8, 4) is 11.5 Å². The SMILES string of the molecule is CCn1c(-c2cccc(=O)[nH]2)n[nH]c1=S. The quantitative estimate of drug-likeness (QED) is 0.753. The van der Waals surface area contributed by atoms with Gasteiger partial charge in [0.25, 0.3) is 0 Å². The molecule has 5 nitrogen and oxygen atoms in total. The van der Waals surface area contributed by atoms with Gasteiger partial charge >= 0.3 is 0 Å². The molecule has 2 rings (SSSR count). The van der Waals surface area contributed by atoms with Crippen LogP contribution >= 0.6 is 12.2 Å². The molecular formula is C9H10N4OS. The highest BCUT2D eigenvalue weighted by atomic mass is 32.1. The number of aromatic amines is 2. The molecule has 0 fully saturated rings. The lowest BCUT2D eigenvalue weighted by molar-refractivity contribution is 0.753. The number of nitrogens with one attached hydrogen (secondary N) is 2. The Balaban J connectivity index is 2.64. The van der Waals surface area contributed by atoms with Crippen LogP contribution in [0.25, 0.3) is 11.5 Å². The molecule has 0 amide bonds. The molecule has 2 aromatic heterocycles. The third-order valence-corrected chi connectivity index (χ3v) is 2.40. The Morgan fingerprint density at radius 2 is 2.33 bits per heavy atom. The molecule has 0 aliphatic carbocycles. The molecule has 0 spiro atoms. The summed E-state index contributed by atoms with van der Waals surface area (Å²) in [6.45, 7) is 2.68. The highest BCUT2D eigenvalue weighted by Gasteiger charge is 2.07. The van der Waals surface area contributed by atoms with Crippen molar-refractivity contribution in [1.29, 1.82) is 0 Å². The first kappa shape index (κ1) is 9.85. The van der Waals surface area contributed by atoms with Gasteiger partial charge in [0.15, 0.2) is 10.6 Å². The molecule has 0 aliphatic heterocycles. The van der Waals surface area contributed by atoms with E-state index in [1.807, 2.05) is 11.5 Å². The largest absolute Gasteiger partial charge is 0.319 e. The van der Waals surface area contributed by atoms with E-state index in [2.05, 4.69) is 15.2 Å². The molecule has 0 unspecified atom stereocenters. The number of nitrogens with zero attached hydrogens (tertiary/aromatic N) is 2. The first-order chi connectivity index (χ1) is 7.22. The van der Waals surface area contributed by atoms with Gasteiger partial charge in [-0.3, -0.25) is 14.5 Å². The average molecular weight is 222 g/mol. The second-order valence-corrected chi connectivity index (χ2v) is 3.41. The summed E-state index contributed by atoms with van der Waals surface area (Å²) in [5.41, 5.74) is 0.515. The van der Waals surface area contributed by atoms with Crippen LogP contribution in [-0.2, 0) is 6.54 Å². The van der Waals surface area contributed by atoms with Crippen LogP contribution in [0.4, 0.5) is 0 Å². The van der Waals surface area contributed by atoms with Crippen LogP contribution < -0.4 is 5.56 Å². The monoisotopic (exact) mass is 222 g/mol. The normalized spacial score (nSPS) is 10.5. The molecule has 78 valence electrons. The fraction of sp³-hybridized carbons (Fsp3) is 0.222. The Labute approximate surface area is 90.8 Å². The van der Waals surface area contributed by atoms with Crippen molar-refractivity contribution in [3.05, 3.63) is 33.3 Å². The van der Waals surface area contributed by atoms with Gasteiger partial charge in [-0.2, -0.15) is 5.10 Å². The van der Waals surface area contributed by atoms with Crippen LogP contribution in [-0.4, -0.2) is 19.7 Å². The van der Waals surface area contributed by atoms with Crippen LogP contribution in [0.3, 0.4) is 0 Å². The summed E-state index contributed by atoms with van der Waals surface area (Å²) < 4.78 is 2.37.